The molecule has 1 rings (SSSR count). The molecule has 0 radical (unpaired) electrons. The zero-order valence-corrected chi connectivity index (χ0v) is 12.4. The van der Waals surface area contributed by atoms with Crippen LogP contribution in [0.15, 0.2) is 30.3 Å². The van der Waals surface area contributed by atoms with E-state index >= 15 is 0 Å². The quantitative estimate of drug-likeness (QED) is 0.771. The van der Waals surface area contributed by atoms with Gasteiger partial charge in [0.05, 0.1) is 6.07 Å². The molecule has 1 unspecified atom stereocenters. The number of hydrogen-bond acceptors (Lipinski definition) is 3. The van der Waals surface area contributed by atoms with Gasteiger partial charge in [-0.25, -0.2) is 0 Å². The van der Waals surface area contributed by atoms with Crippen molar-refractivity contribution in [2.24, 2.45) is 0 Å². The van der Waals surface area contributed by atoms with Crippen molar-refractivity contribution in [3.63, 3.8) is 0 Å². The van der Waals surface area contributed by atoms with Crippen LogP contribution in [0.1, 0.15) is 19.4 Å². The van der Waals surface area contributed by atoms with E-state index in [4.69, 9.17) is 12.2 Å². The molecule has 2 nitrogen and oxygen atoms in total. The van der Waals surface area contributed by atoms with Crippen LogP contribution in [0.5, 0.6) is 0 Å². The summed E-state index contributed by atoms with van der Waals surface area (Å²) in [5, 5.41) is 9.10. The van der Waals surface area contributed by atoms with E-state index in [0.717, 1.165) is 23.8 Å². The van der Waals surface area contributed by atoms with Gasteiger partial charge in [0.2, 0.25) is 0 Å². The first kappa shape index (κ1) is 15.0. The number of nitriles is 1. The van der Waals surface area contributed by atoms with Gasteiger partial charge in [0.25, 0.3) is 0 Å². The zero-order valence-electron chi connectivity index (χ0n) is 10.8. The van der Waals surface area contributed by atoms with E-state index in [1.165, 1.54) is 17.3 Å². The second-order valence-corrected chi connectivity index (χ2v) is 5.70. The van der Waals surface area contributed by atoms with E-state index in [1.807, 2.05) is 30.3 Å². The van der Waals surface area contributed by atoms with Crippen molar-refractivity contribution in [1.29, 1.82) is 5.26 Å². The van der Waals surface area contributed by atoms with Gasteiger partial charge in [0.15, 0.2) is 0 Å². The van der Waals surface area contributed by atoms with Gasteiger partial charge in [-0.2, -0.15) is 5.26 Å². The lowest BCUT2D eigenvalue weighted by molar-refractivity contribution is 0.482. The Hall–Kier alpha value is -1.05. The molecule has 0 fully saturated rings. The average Bonchev–Trinajstić information content (AvgIpc) is 2.40. The van der Waals surface area contributed by atoms with Gasteiger partial charge >= 0.3 is 0 Å². The number of benzene rings is 1. The van der Waals surface area contributed by atoms with Crippen molar-refractivity contribution < 1.29 is 0 Å². The molecule has 0 aliphatic heterocycles. The van der Waals surface area contributed by atoms with Gasteiger partial charge in [-0.15, -0.1) is 0 Å². The maximum absolute atomic E-state index is 9.21. The Bertz CT molecular complexity index is 408. The molecule has 18 heavy (non-hydrogen) atoms. The van der Waals surface area contributed by atoms with Gasteiger partial charge in [-0.1, -0.05) is 54.3 Å². The maximum Gasteiger partial charge on any atom is 0.137 e. The molecule has 0 spiro atoms. The van der Waals surface area contributed by atoms with E-state index in [2.05, 4.69) is 24.8 Å². The average molecular weight is 278 g/mol. The van der Waals surface area contributed by atoms with E-state index < -0.39 is 0 Å². The third-order valence-electron chi connectivity index (χ3n) is 2.67. The van der Waals surface area contributed by atoms with Crippen molar-refractivity contribution in [3.05, 3.63) is 35.9 Å². The summed E-state index contributed by atoms with van der Waals surface area (Å²) in [6, 6.07) is 12.4. The van der Waals surface area contributed by atoms with Crippen LogP contribution in [0, 0.1) is 11.3 Å². The highest BCUT2D eigenvalue weighted by atomic mass is 32.2. The van der Waals surface area contributed by atoms with Crippen molar-refractivity contribution in [2.75, 3.05) is 13.1 Å². The van der Waals surface area contributed by atoms with Crippen LogP contribution in [0.3, 0.4) is 0 Å². The van der Waals surface area contributed by atoms with Gasteiger partial charge < -0.3 is 4.90 Å². The largest absolute Gasteiger partial charge is 0.358 e. The maximum atomic E-state index is 9.21. The second-order valence-electron chi connectivity index (χ2n) is 3.86. The molecular weight excluding hydrogens is 260 g/mol. The topological polar surface area (TPSA) is 27.0 Å². The number of thioether (sulfide) groups is 1. The van der Waals surface area contributed by atoms with Crippen LogP contribution in [0.4, 0.5) is 0 Å². The molecule has 0 heterocycles. The summed E-state index contributed by atoms with van der Waals surface area (Å²) in [6.45, 7) is 5.95. The predicted octanol–water partition coefficient (Wildman–Crippen LogP) is 3.48. The summed E-state index contributed by atoms with van der Waals surface area (Å²) in [5.74, 6) is 0. The summed E-state index contributed by atoms with van der Waals surface area (Å²) in [5.41, 5.74) is 1.18. The molecule has 4 heteroatoms. The minimum absolute atomic E-state index is 0.111. The Morgan fingerprint density at radius 2 is 1.94 bits per heavy atom. The Labute approximate surface area is 119 Å². The molecule has 0 aliphatic rings. The number of rotatable bonds is 5. The first-order valence-electron chi connectivity index (χ1n) is 6.10. The fourth-order valence-electron chi connectivity index (χ4n) is 1.62. The Kier molecular flexibility index (Phi) is 6.77. The molecule has 1 aromatic rings. The number of nitrogens with zero attached hydrogens (tertiary/aromatic N) is 2. The van der Waals surface area contributed by atoms with E-state index in [-0.39, 0.29) is 5.25 Å². The lowest BCUT2D eigenvalue weighted by Gasteiger charge is -2.22. The molecule has 1 atom stereocenters. The van der Waals surface area contributed by atoms with Crippen LogP contribution in [0.25, 0.3) is 0 Å². The third kappa shape index (κ3) is 4.67. The highest BCUT2D eigenvalue weighted by Crippen LogP contribution is 2.19. The summed E-state index contributed by atoms with van der Waals surface area (Å²) < 4.78 is 0.822. The van der Waals surface area contributed by atoms with Crippen LogP contribution >= 0.6 is 24.0 Å². The normalized spacial score (nSPS) is 11.6. The number of hydrogen-bond donors (Lipinski definition) is 0. The van der Waals surface area contributed by atoms with Crippen molar-refractivity contribution in [3.8, 4) is 6.07 Å². The predicted molar refractivity (Wildman–Crippen MR) is 82.7 cm³/mol. The van der Waals surface area contributed by atoms with Crippen molar-refractivity contribution >= 4 is 28.3 Å². The van der Waals surface area contributed by atoms with E-state index in [9.17, 15) is 5.26 Å². The monoisotopic (exact) mass is 278 g/mol. The van der Waals surface area contributed by atoms with E-state index in [0.29, 0.717) is 0 Å². The van der Waals surface area contributed by atoms with Gasteiger partial charge in [-0.05, 0) is 25.8 Å². The van der Waals surface area contributed by atoms with Crippen LogP contribution in [-0.4, -0.2) is 27.6 Å². The Morgan fingerprint density at radius 3 is 2.44 bits per heavy atom. The van der Waals surface area contributed by atoms with Crippen molar-refractivity contribution in [2.45, 2.75) is 25.5 Å². The molecule has 0 aromatic heterocycles. The van der Waals surface area contributed by atoms with Crippen LogP contribution in [-0.2, 0) is 6.42 Å². The Morgan fingerprint density at radius 1 is 1.33 bits per heavy atom. The first-order valence-corrected chi connectivity index (χ1v) is 7.39. The molecule has 0 aliphatic carbocycles. The lowest BCUT2D eigenvalue weighted by atomic mass is 10.1. The molecule has 0 N–H and O–H groups in total. The standard InChI is InChI=1S/C14H18N2S2/c1-3-16(4-2)14(17)18-13(11-15)10-12-8-6-5-7-9-12/h5-9,13H,3-4,10H2,1-2H3. The second kappa shape index (κ2) is 8.12. The fraction of sp³-hybridized carbons (Fsp3) is 0.429. The number of thiocarbonyl (C=S) groups is 1. The first-order chi connectivity index (χ1) is 8.71. The molecule has 0 amide bonds. The van der Waals surface area contributed by atoms with Gasteiger partial charge in [0.1, 0.15) is 9.57 Å². The fourth-order valence-corrected chi connectivity index (χ4v) is 3.21. The Balaban J connectivity index is 2.58. The third-order valence-corrected chi connectivity index (χ3v) is 4.24. The van der Waals surface area contributed by atoms with Crippen LogP contribution in [0.2, 0.25) is 0 Å². The van der Waals surface area contributed by atoms with Crippen LogP contribution < -0.4 is 0 Å². The SMILES string of the molecule is CCN(CC)C(=S)SC(C#N)Cc1ccccc1. The molecular formula is C14H18N2S2. The smallest absolute Gasteiger partial charge is 0.137 e. The van der Waals surface area contributed by atoms with Crippen molar-refractivity contribution in [1.82, 2.24) is 4.90 Å². The summed E-state index contributed by atoms with van der Waals surface area (Å²) in [4.78, 5) is 2.11. The molecule has 96 valence electrons. The van der Waals surface area contributed by atoms with Gasteiger partial charge in [0, 0.05) is 13.1 Å². The minimum atomic E-state index is -0.111. The highest BCUT2D eigenvalue weighted by molar-refractivity contribution is 8.23. The van der Waals surface area contributed by atoms with Gasteiger partial charge in [-0.3, -0.25) is 0 Å². The molecule has 1 aromatic carbocycles. The highest BCUT2D eigenvalue weighted by Gasteiger charge is 2.15. The minimum Gasteiger partial charge on any atom is -0.358 e. The molecule has 0 bridgehead atoms. The molecule has 0 saturated carbocycles. The van der Waals surface area contributed by atoms with E-state index in [1.54, 1.807) is 0 Å². The summed E-state index contributed by atoms with van der Waals surface area (Å²) in [7, 11) is 0. The summed E-state index contributed by atoms with van der Waals surface area (Å²) >= 11 is 6.86. The molecule has 0 saturated heterocycles. The summed E-state index contributed by atoms with van der Waals surface area (Å²) in [6.07, 6.45) is 0.739. The lowest BCUT2D eigenvalue weighted by Crippen LogP contribution is -2.28. The zero-order chi connectivity index (χ0) is 13.4.